The van der Waals surface area contributed by atoms with Crippen molar-refractivity contribution in [3.63, 3.8) is 0 Å². The van der Waals surface area contributed by atoms with E-state index in [2.05, 4.69) is 16.2 Å². The van der Waals surface area contributed by atoms with Gasteiger partial charge in [0.25, 0.3) is 0 Å². The second-order valence-electron chi connectivity index (χ2n) is 3.16. The summed E-state index contributed by atoms with van der Waals surface area (Å²) in [5.74, 6) is 2.56. The molecule has 1 heterocycles. The number of aromatic nitrogens is 1. The number of pyridine rings is 1. The van der Waals surface area contributed by atoms with Crippen molar-refractivity contribution >= 4 is 0 Å². The summed E-state index contributed by atoms with van der Waals surface area (Å²) < 4.78 is 0. The minimum Gasteiger partial charge on any atom is -0.506 e. The Morgan fingerprint density at radius 2 is 2.33 bits per heavy atom. The molecule has 4 heteroatoms. The molecule has 0 aromatic carbocycles. The van der Waals surface area contributed by atoms with E-state index in [1.54, 1.807) is 13.1 Å². The maximum absolute atomic E-state index is 9.74. The third kappa shape index (κ3) is 2.69. The van der Waals surface area contributed by atoms with Gasteiger partial charge < -0.3 is 15.5 Å². The van der Waals surface area contributed by atoms with Crippen molar-refractivity contribution in [3.05, 3.63) is 23.0 Å². The number of aryl methyl sites for hydroxylation is 1. The summed E-state index contributed by atoms with van der Waals surface area (Å²) in [4.78, 5) is 3.96. The molecule has 80 valence electrons. The number of aliphatic hydroxyl groups excluding tert-OH is 1. The van der Waals surface area contributed by atoms with Crippen LogP contribution in [0.15, 0.2) is 6.20 Å². The van der Waals surface area contributed by atoms with Crippen molar-refractivity contribution in [1.82, 2.24) is 10.3 Å². The van der Waals surface area contributed by atoms with Gasteiger partial charge in [-0.2, -0.15) is 0 Å². The average Bonchev–Trinajstić information content (AvgIpc) is 2.25. The summed E-state index contributed by atoms with van der Waals surface area (Å²) in [7, 11) is 0. The van der Waals surface area contributed by atoms with Gasteiger partial charge in [-0.25, -0.2) is 0 Å². The molecule has 0 aliphatic rings. The van der Waals surface area contributed by atoms with Crippen LogP contribution in [0.5, 0.6) is 5.75 Å². The molecule has 0 unspecified atom stereocenters. The highest BCUT2D eigenvalue weighted by molar-refractivity contribution is 5.40. The highest BCUT2D eigenvalue weighted by Crippen LogP contribution is 2.23. The lowest BCUT2D eigenvalue weighted by Crippen LogP contribution is -2.15. The smallest absolute Gasteiger partial charge is 0.141 e. The van der Waals surface area contributed by atoms with Crippen molar-refractivity contribution < 1.29 is 10.2 Å². The first-order valence-corrected chi connectivity index (χ1v) is 4.62. The lowest BCUT2D eigenvalue weighted by atomic mass is 10.1. The number of nitrogens with zero attached hydrogens (tertiary/aromatic N) is 1. The molecule has 15 heavy (non-hydrogen) atoms. The Bertz CT molecular complexity index is 383. The van der Waals surface area contributed by atoms with Gasteiger partial charge in [0.2, 0.25) is 0 Å². The Labute approximate surface area is 89.0 Å². The van der Waals surface area contributed by atoms with Gasteiger partial charge in [0.05, 0.1) is 18.8 Å². The van der Waals surface area contributed by atoms with E-state index in [-0.39, 0.29) is 12.4 Å². The van der Waals surface area contributed by atoms with E-state index in [1.165, 1.54) is 0 Å². The first kappa shape index (κ1) is 11.5. The molecule has 0 saturated heterocycles. The van der Waals surface area contributed by atoms with Crippen LogP contribution in [0.3, 0.4) is 0 Å². The Morgan fingerprint density at radius 3 is 2.93 bits per heavy atom. The van der Waals surface area contributed by atoms with Crippen LogP contribution in [0.2, 0.25) is 0 Å². The summed E-state index contributed by atoms with van der Waals surface area (Å²) in [5.41, 5.74) is 1.81. The molecule has 0 aliphatic heterocycles. The van der Waals surface area contributed by atoms with Gasteiger partial charge in [-0.1, -0.05) is 5.92 Å². The van der Waals surface area contributed by atoms with Crippen molar-refractivity contribution in [2.75, 3.05) is 6.54 Å². The number of rotatable bonds is 4. The molecule has 4 nitrogen and oxygen atoms in total. The molecule has 1 aromatic rings. The third-order valence-corrected chi connectivity index (χ3v) is 2.13. The highest BCUT2D eigenvalue weighted by atomic mass is 16.3. The van der Waals surface area contributed by atoms with Crippen LogP contribution in [-0.2, 0) is 13.2 Å². The topological polar surface area (TPSA) is 65.4 Å². The van der Waals surface area contributed by atoms with Gasteiger partial charge in [0.1, 0.15) is 5.75 Å². The Kier molecular flexibility index (Phi) is 4.10. The molecule has 1 rings (SSSR count). The lowest BCUT2D eigenvalue weighted by Gasteiger charge is -2.11. The van der Waals surface area contributed by atoms with E-state index in [9.17, 15) is 5.11 Å². The number of hydrogen-bond donors (Lipinski definition) is 3. The summed E-state index contributed by atoms with van der Waals surface area (Å²) in [6.45, 7) is 2.41. The third-order valence-electron chi connectivity index (χ3n) is 2.13. The maximum Gasteiger partial charge on any atom is 0.141 e. The summed E-state index contributed by atoms with van der Waals surface area (Å²) in [6.07, 6.45) is 6.65. The second kappa shape index (κ2) is 5.35. The van der Waals surface area contributed by atoms with Gasteiger partial charge in [-0.05, 0) is 6.92 Å². The Morgan fingerprint density at radius 1 is 1.60 bits per heavy atom. The maximum atomic E-state index is 9.74. The van der Waals surface area contributed by atoms with Crippen molar-refractivity contribution in [2.45, 2.75) is 20.1 Å². The number of hydrogen-bond acceptors (Lipinski definition) is 4. The van der Waals surface area contributed by atoms with E-state index in [0.717, 1.165) is 0 Å². The fraction of sp³-hybridized carbons (Fsp3) is 0.364. The normalized spacial score (nSPS) is 9.93. The molecule has 1 aromatic heterocycles. The molecule has 0 atom stereocenters. The molecule has 0 radical (unpaired) electrons. The first-order chi connectivity index (χ1) is 7.20. The predicted octanol–water partition coefficient (Wildman–Crippen LogP) is 0.311. The van der Waals surface area contributed by atoms with Crippen LogP contribution in [0.4, 0.5) is 0 Å². The number of aliphatic hydroxyl groups is 1. The Balaban J connectivity index is 2.92. The van der Waals surface area contributed by atoms with Crippen LogP contribution < -0.4 is 5.32 Å². The van der Waals surface area contributed by atoms with Crippen molar-refractivity contribution in [1.29, 1.82) is 0 Å². The van der Waals surface area contributed by atoms with Gasteiger partial charge >= 0.3 is 0 Å². The van der Waals surface area contributed by atoms with Gasteiger partial charge in [-0.3, -0.25) is 4.98 Å². The molecule has 0 aliphatic carbocycles. The standard InChI is InChI=1S/C11H14N2O2/c1-3-4-12-6-10-9(7-14)5-13-8(2)11(10)15/h1,5,12,14-15H,4,6-7H2,2H3. The van der Waals surface area contributed by atoms with E-state index in [0.29, 0.717) is 29.9 Å². The van der Waals surface area contributed by atoms with Gasteiger partial charge in [0, 0.05) is 23.9 Å². The monoisotopic (exact) mass is 206 g/mol. The molecule has 0 bridgehead atoms. The van der Waals surface area contributed by atoms with Crippen molar-refractivity contribution in [2.24, 2.45) is 0 Å². The molecular formula is C11H14N2O2. The first-order valence-electron chi connectivity index (χ1n) is 4.62. The second-order valence-corrected chi connectivity index (χ2v) is 3.16. The van der Waals surface area contributed by atoms with E-state index in [4.69, 9.17) is 11.5 Å². The fourth-order valence-electron chi connectivity index (χ4n) is 1.28. The van der Waals surface area contributed by atoms with Crippen LogP contribution in [-0.4, -0.2) is 21.7 Å². The molecule has 3 N–H and O–H groups in total. The zero-order chi connectivity index (χ0) is 11.3. The number of terminal acetylenes is 1. The number of aromatic hydroxyl groups is 1. The Hall–Kier alpha value is -1.57. The molecular weight excluding hydrogens is 192 g/mol. The van der Waals surface area contributed by atoms with E-state index < -0.39 is 0 Å². The lowest BCUT2D eigenvalue weighted by molar-refractivity contribution is 0.278. The largest absolute Gasteiger partial charge is 0.506 e. The summed E-state index contributed by atoms with van der Waals surface area (Å²) >= 11 is 0. The fourth-order valence-corrected chi connectivity index (χ4v) is 1.28. The minimum absolute atomic E-state index is 0.117. The van der Waals surface area contributed by atoms with Crippen LogP contribution >= 0.6 is 0 Å². The average molecular weight is 206 g/mol. The van der Waals surface area contributed by atoms with Gasteiger partial charge in [-0.15, -0.1) is 6.42 Å². The van der Waals surface area contributed by atoms with Crippen molar-refractivity contribution in [3.8, 4) is 18.1 Å². The number of nitrogens with one attached hydrogen (secondary N) is 1. The zero-order valence-corrected chi connectivity index (χ0v) is 8.62. The summed E-state index contributed by atoms with van der Waals surface area (Å²) in [6, 6.07) is 0. The summed E-state index contributed by atoms with van der Waals surface area (Å²) in [5, 5.41) is 21.8. The quantitative estimate of drug-likeness (QED) is 0.490. The molecule has 0 amide bonds. The van der Waals surface area contributed by atoms with E-state index >= 15 is 0 Å². The minimum atomic E-state index is -0.145. The molecule has 0 fully saturated rings. The SMILES string of the molecule is C#CCNCc1c(CO)cnc(C)c1O. The van der Waals surface area contributed by atoms with Crippen LogP contribution in [0.1, 0.15) is 16.8 Å². The molecule has 0 saturated carbocycles. The predicted molar refractivity (Wildman–Crippen MR) is 57.1 cm³/mol. The van der Waals surface area contributed by atoms with E-state index in [1.807, 2.05) is 0 Å². The highest BCUT2D eigenvalue weighted by Gasteiger charge is 2.10. The van der Waals surface area contributed by atoms with Crippen LogP contribution in [0.25, 0.3) is 0 Å². The zero-order valence-electron chi connectivity index (χ0n) is 8.62. The molecule has 0 spiro atoms. The van der Waals surface area contributed by atoms with Crippen LogP contribution in [0, 0.1) is 19.3 Å². The van der Waals surface area contributed by atoms with Gasteiger partial charge in [0.15, 0.2) is 0 Å².